The SMILES string of the molecule is C=CCOc1ccc(N=CC)c(C)c1.CC.CC.CC(C)(C)C.CCC. The van der Waals surface area contributed by atoms with Crippen molar-refractivity contribution in [1.29, 1.82) is 0 Å². The van der Waals surface area contributed by atoms with Gasteiger partial charge in [0, 0.05) is 6.21 Å². The number of hydrogen-bond acceptors (Lipinski definition) is 2. The van der Waals surface area contributed by atoms with Gasteiger partial charge in [-0.1, -0.05) is 88.3 Å². The predicted octanol–water partition coefficient (Wildman–Crippen LogP) is 8.80. The Hall–Kier alpha value is -1.57. The number of nitrogens with zero attached hydrogens (tertiary/aromatic N) is 1. The number of aliphatic imine (C=N–C) groups is 1. The highest BCUT2D eigenvalue weighted by Gasteiger charge is 1.98. The molecule has 2 heteroatoms. The molecule has 26 heavy (non-hydrogen) atoms. The molecule has 2 nitrogen and oxygen atoms in total. The van der Waals surface area contributed by atoms with Crippen molar-refractivity contribution in [1.82, 2.24) is 0 Å². The van der Waals surface area contributed by atoms with E-state index in [9.17, 15) is 0 Å². The number of benzene rings is 1. The molecule has 0 saturated carbocycles. The van der Waals surface area contributed by atoms with Gasteiger partial charge in [-0.25, -0.2) is 0 Å². The molecule has 0 fully saturated rings. The number of hydrogen-bond donors (Lipinski definition) is 0. The second-order valence-corrected chi connectivity index (χ2v) is 6.64. The lowest BCUT2D eigenvalue weighted by Gasteiger charge is -2.05. The van der Waals surface area contributed by atoms with Crippen LogP contribution in [-0.4, -0.2) is 12.8 Å². The van der Waals surface area contributed by atoms with Crippen LogP contribution < -0.4 is 4.74 Å². The van der Waals surface area contributed by atoms with E-state index in [0.29, 0.717) is 12.0 Å². The van der Waals surface area contributed by atoms with E-state index in [1.165, 1.54) is 6.42 Å². The van der Waals surface area contributed by atoms with Gasteiger partial charge in [0.05, 0.1) is 5.69 Å². The monoisotopic (exact) mass is 365 g/mol. The molecule has 0 N–H and O–H groups in total. The molecule has 0 spiro atoms. The summed E-state index contributed by atoms with van der Waals surface area (Å²) < 4.78 is 5.40. The lowest BCUT2D eigenvalue weighted by Crippen LogP contribution is -1.93. The molecule has 0 bridgehead atoms. The first-order valence-corrected chi connectivity index (χ1v) is 10.0. The molecule has 0 aliphatic heterocycles. The van der Waals surface area contributed by atoms with Crippen LogP contribution in [0.4, 0.5) is 5.69 Å². The number of ether oxygens (including phenoxy) is 1. The highest BCUT2D eigenvalue weighted by atomic mass is 16.5. The zero-order valence-corrected chi connectivity index (χ0v) is 19.9. The van der Waals surface area contributed by atoms with Crippen molar-refractivity contribution in [3.8, 4) is 5.75 Å². The largest absolute Gasteiger partial charge is 0.490 e. The van der Waals surface area contributed by atoms with E-state index < -0.39 is 0 Å². The van der Waals surface area contributed by atoms with Crippen LogP contribution in [0.15, 0.2) is 35.8 Å². The van der Waals surface area contributed by atoms with E-state index in [0.717, 1.165) is 17.0 Å². The van der Waals surface area contributed by atoms with Crippen molar-refractivity contribution in [3.05, 3.63) is 36.4 Å². The van der Waals surface area contributed by atoms with Crippen molar-refractivity contribution < 1.29 is 4.74 Å². The molecule has 0 saturated heterocycles. The topological polar surface area (TPSA) is 21.6 Å². The smallest absolute Gasteiger partial charge is 0.120 e. The molecule has 1 rings (SSSR count). The Labute approximate surface area is 165 Å². The second-order valence-electron chi connectivity index (χ2n) is 6.64. The summed E-state index contributed by atoms with van der Waals surface area (Å²) in [5, 5.41) is 0. The summed E-state index contributed by atoms with van der Waals surface area (Å²) in [5.74, 6) is 0.859. The third-order valence-electron chi connectivity index (χ3n) is 1.80. The van der Waals surface area contributed by atoms with Crippen molar-refractivity contribution in [3.63, 3.8) is 0 Å². The summed E-state index contributed by atoms with van der Waals surface area (Å²) in [6.07, 6.45) is 4.76. The molecule has 0 aliphatic rings. The van der Waals surface area contributed by atoms with Gasteiger partial charge in [-0.2, -0.15) is 0 Å². The molecule has 154 valence electrons. The Morgan fingerprint density at radius 2 is 1.46 bits per heavy atom. The molecule has 0 unspecified atom stereocenters. The molecule has 0 heterocycles. The Morgan fingerprint density at radius 3 is 1.77 bits per heavy atom. The zero-order valence-electron chi connectivity index (χ0n) is 19.9. The second kappa shape index (κ2) is 23.4. The van der Waals surface area contributed by atoms with Gasteiger partial charge >= 0.3 is 0 Å². The molecule has 0 aromatic heterocycles. The normalized spacial score (nSPS) is 9.08. The lowest BCUT2D eigenvalue weighted by atomic mass is 10.0. The quantitative estimate of drug-likeness (QED) is 0.386. The maximum Gasteiger partial charge on any atom is 0.120 e. The fraction of sp³-hybridized carbons (Fsp3) is 0.625. The van der Waals surface area contributed by atoms with Crippen LogP contribution in [0.25, 0.3) is 0 Å². The van der Waals surface area contributed by atoms with Gasteiger partial charge in [0.1, 0.15) is 12.4 Å². The molecule has 0 radical (unpaired) electrons. The van der Waals surface area contributed by atoms with Crippen molar-refractivity contribution in [2.75, 3.05) is 6.61 Å². The van der Waals surface area contributed by atoms with Gasteiger partial charge < -0.3 is 4.74 Å². The zero-order chi connectivity index (χ0) is 21.6. The fourth-order valence-electron chi connectivity index (χ4n) is 1.16. The molecule has 0 amide bonds. The van der Waals surface area contributed by atoms with Gasteiger partial charge in [0.25, 0.3) is 0 Å². The Balaban J connectivity index is -0.000000168. The van der Waals surface area contributed by atoms with E-state index in [1.54, 1.807) is 12.3 Å². The average Bonchev–Trinajstić information content (AvgIpc) is 2.58. The fourth-order valence-corrected chi connectivity index (χ4v) is 1.16. The molecule has 0 atom stereocenters. The number of rotatable bonds is 4. The van der Waals surface area contributed by atoms with E-state index in [-0.39, 0.29) is 0 Å². The van der Waals surface area contributed by atoms with Crippen LogP contribution in [0.2, 0.25) is 0 Å². The van der Waals surface area contributed by atoms with Crippen molar-refractivity contribution >= 4 is 11.9 Å². The minimum absolute atomic E-state index is 0.500. The average molecular weight is 366 g/mol. The van der Waals surface area contributed by atoms with Crippen molar-refractivity contribution in [2.45, 2.75) is 89.5 Å². The molecular weight excluding hydrogens is 318 g/mol. The van der Waals surface area contributed by atoms with Crippen LogP contribution in [0.1, 0.15) is 88.1 Å². The lowest BCUT2D eigenvalue weighted by molar-refractivity contribution is 0.363. The van der Waals surface area contributed by atoms with E-state index in [2.05, 4.69) is 53.1 Å². The third-order valence-corrected chi connectivity index (χ3v) is 1.80. The Morgan fingerprint density at radius 1 is 1.04 bits per heavy atom. The summed E-state index contributed by atoms with van der Waals surface area (Å²) in [5.41, 5.74) is 2.60. The maximum atomic E-state index is 5.40. The van der Waals surface area contributed by atoms with Crippen LogP contribution in [0.3, 0.4) is 0 Å². The minimum atomic E-state index is 0.500. The molecule has 1 aromatic rings. The highest BCUT2D eigenvalue weighted by molar-refractivity contribution is 5.62. The van der Waals surface area contributed by atoms with Gasteiger partial charge in [-0.3, -0.25) is 4.99 Å². The van der Waals surface area contributed by atoms with Gasteiger partial charge in [0.2, 0.25) is 0 Å². The summed E-state index contributed by atoms with van der Waals surface area (Å²) >= 11 is 0. The van der Waals surface area contributed by atoms with Crippen LogP contribution in [0, 0.1) is 12.3 Å². The predicted molar refractivity (Wildman–Crippen MR) is 124 cm³/mol. The Kier molecular flexibility index (Phi) is 29.0. The van der Waals surface area contributed by atoms with E-state index in [1.807, 2.05) is 59.7 Å². The molecule has 1 aromatic carbocycles. The standard InChI is InChI=1S/C12H15NO.C5H12.C3H8.2C2H6/c1-4-8-14-11-6-7-12(13-5-2)10(3)9-11;1-5(2,3)4;1-3-2;2*1-2/h4-7,9H,1,8H2,2-3H3;1-4H3;3H2,1-2H3;2*1-2H3. The van der Waals surface area contributed by atoms with Crippen molar-refractivity contribution in [2.24, 2.45) is 10.4 Å². The van der Waals surface area contributed by atoms with Gasteiger partial charge in [0.15, 0.2) is 0 Å². The minimum Gasteiger partial charge on any atom is -0.490 e. The summed E-state index contributed by atoms with van der Waals surface area (Å²) in [6.45, 7) is 29.1. The third kappa shape index (κ3) is 30.3. The van der Waals surface area contributed by atoms with Crippen LogP contribution in [-0.2, 0) is 0 Å². The first-order chi connectivity index (χ1) is 12.2. The van der Waals surface area contributed by atoms with E-state index in [4.69, 9.17) is 4.74 Å². The summed E-state index contributed by atoms with van der Waals surface area (Å²) in [4.78, 5) is 4.23. The van der Waals surface area contributed by atoms with Crippen LogP contribution in [0.5, 0.6) is 5.75 Å². The van der Waals surface area contributed by atoms with Crippen LogP contribution >= 0.6 is 0 Å². The first kappa shape index (κ1) is 32.1. The van der Waals surface area contributed by atoms with Gasteiger partial charge in [-0.05, 0) is 43.0 Å². The highest BCUT2D eigenvalue weighted by Crippen LogP contribution is 2.23. The maximum absolute atomic E-state index is 5.40. The summed E-state index contributed by atoms with van der Waals surface area (Å²) in [7, 11) is 0. The molecule has 0 aliphatic carbocycles. The van der Waals surface area contributed by atoms with Gasteiger partial charge in [-0.15, -0.1) is 0 Å². The Bertz CT molecular complexity index is 422. The first-order valence-electron chi connectivity index (χ1n) is 10.0. The summed E-state index contributed by atoms with van der Waals surface area (Å²) in [6, 6.07) is 5.85. The molecular formula is C24H47NO. The number of aryl methyl sites for hydroxylation is 1. The van der Waals surface area contributed by atoms with E-state index >= 15 is 0 Å².